The number of hydrogen-bond acceptors (Lipinski definition) is 6. The minimum absolute atomic E-state index is 0.434. The monoisotopic (exact) mass is 401 g/mol. The third-order valence-electron chi connectivity index (χ3n) is 5.47. The molecule has 6 nitrogen and oxygen atoms in total. The van der Waals surface area contributed by atoms with E-state index in [-0.39, 0.29) is 0 Å². The van der Waals surface area contributed by atoms with Gasteiger partial charge in [-0.2, -0.15) is 0 Å². The van der Waals surface area contributed by atoms with Crippen molar-refractivity contribution in [3.05, 3.63) is 12.2 Å². The fraction of sp³-hybridized carbons (Fsp3) is 0.909. The lowest BCUT2D eigenvalue weighted by Gasteiger charge is -2.40. The molecule has 0 amide bonds. The number of nitrogens with one attached hydrogen (secondary N) is 1. The second-order valence-electron chi connectivity index (χ2n) is 7.94. The summed E-state index contributed by atoms with van der Waals surface area (Å²) in [5.74, 6) is 0. The van der Waals surface area contributed by atoms with E-state index in [1.54, 1.807) is 0 Å². The minimum atomic E-state index is -1.23. The molecule has 5 N–H and O–H groups in total. The Labute approximate surface area is 171 Å². The predicted octanol–water partition coefficient (Wildman–Crippen LogP) is 2.63. The summed E-state index contributed by atoms with van der Waals surface area (Å²) in [6.07, 6.45) is 14.9. The van der Waals surface area contributed by atoms with E-state index in [9.17, 15) is 15.3 Å². The Morgan fingerprint density at radius 1 is 0.786 bits per heavy atom. The van der Waals surface area contributed by atoms with E-state index >= 15 is 0 Å². The van der Waals surface area contributed by atoms with E-state index in [1.165, 1.54) is 64.2 Å². The Morgan fingerprint density at radius 2 is 1.36 bits per heavy atom. The summed E-state index contributed by atoms with van der Waals surface area (Å²) in [4.78, 5) is 0. The van der Waals surface area contributed by atoms with E-state index in [0.29, 0.717) is 6.54 Å². The van der Waals surface area contributed by atoms with Crippen LogP contribution in [0.3, 0.4) is 0 Å². The molecule has 0 saturated carbocycles. The third kappa shape index (κ3) is 10.3. The van der Waals surface area contributed by atoms with Crippen molar-refractivity contribution in [3.8, 4) is 0 Å². The number of allylic oxidation sites excluding steroid dienone is 2. The van der Waals surface area contributed by atoms with Crippen LogP contribution in [0.4, 0.5) is 0 Å². The maximum absolute atomic E-state index is 10.1. The number of hydrogen-bond donors (Lipinski definition) is 5. The molecule has 0 aromatic rings. The molecule has 0 bridgehead atoms. The first-order valence-electron chi connectivity index (χ1n) is 11.3. The summed E-state index contributed by atoms with van der Waals surface area (Å²) >= 11 is 0. The molecule has 166 valence electrons. The average molecular weight is 402 g/mol. The van der Waals surface area contributed by atoms with Crippen LogP contribution in [0.25, 0.3) is 0 Å². The summed E-state index contributed by atoms with van der Waals surface area (Å²) in [6.45, 7) is 2.46. The second-order valence-corrected chi connectivity index (χ2v) is 7.94. The van der Waals surface area contributed by atoms with Crippen molar-refractivity contribution in [2.75, 3.05) is 13.2 Å². The van der Waals surface area contributed by atoms with Gasteiger partial charge in [0.1, 0.15) is 18.3 Å². The Hall–Kier alpha value is -0.500. The standard InChI is InChI=1S/C22H43NO5/c1-2-3-4-5-6-7-8-9-10-11-12-13-14-15-16-23-19-21(26)20(25)18(17-24)28-22(19)27/h7-8,18-27H,2-6,9-17H2,1H3/t18-,19-,20-,21-,22?/m1/s1. The van der Waals surface area contributed by atoms with Gasteiger partial charge in [0.2, 0.25) is 0 Å². The van der Waals surface area contributed by atoms with Gasteiger partial charge in [-0.1, -0.05) is 64.0 Å². The van der Waals surface area contributed by atoms with Gasteiger partial charge in [-0.15, -0.1) is 0 Å². The molecule has 28 heavy (non-hydrogen) atoms. The van der Waals surface area contributed by atoms with Crippen LogP contribution >= 0.6 is 0 Å². The maximum atomic E-state index is 10.1. The van der Waals surface area contributed by atoms with E-state index in [0.717, 1.165) is 12.8 Å². The topological polar surface area (TPSA) is 102 Å². The fourth-order valence-corrected chi connectivity index (χ4v) is 3.61. The van der Waals surface area contributed by atoms with Crippen molar-refractivity contribution >= 4 is 0 Å². The van der Waals surface area contributed by atoms with Gasteiger partial charge in [-0.3, -0.25) is 0 Å². The maximum Gasteiger partial charge on any atom is 0.173 e. The van der Waals surface area contributed by atoms with Crippen LogP contribution in [-0.2, 0) is 4.74 Å². The van der Waals surface area contributed by atoms with Gasteiger partial charge in [-0.25, -0.2) is 0 Å². The summed E-state index contributed by atoms with van der Waals surface area (Å²) in [6, 6.07) is -0.730. The first kappa shape index (κ1) is 25.5. The van der Waals surface area contributed by atoms with Crippen LogP contribution in [0, 0.1) is 0 Å². The number of aliphatic hydroxyl groups is 4. The van der Waals surface area contributed by atoms with Crippen LogP contribution in [0.15, 0.2) is 12.2 Å². The third-order valence-corrected chi connectivity index (χ3v) is 5.47. The molecule has 1 aliphatic heterocycles. The lowest BCUT2D eigenvalue weighted by atomic mass is 9.97. The lowest BCUT2D eigenvalue weighted by molar-refractivity contribution is -0.254. The normalized spacial score (nSPS) is 28.2. The Kier molecular flexibility index (Phi) is 14.9. The molecule has 0 radical (unpaired) electrons. The van der Waals surface area contributed by atoms with Crippen molar-refractivity contribution < 1.29 is 25.2 Å². The summed E-state index contributed by atoms with van der Waals surface area (Å²) < 4.78 is 5.13. The van der Waals surface area contributed by atoms with Gasteiger partial charge < -0.3 is 30.5 Å². The van der Waals surface area contributed by atoms with Crippen LogP contribution in [-0.4, -0.2) is 64.2 Å². The number of unbranched alkanes of at least 4 members (excludes halogenated alkanes) is 10. The zero-order valence-corrected chi connectivity index (χ0v) is 17.6. The van der Waals surface area contributed by atoms with Crippen LogP contribution < -0.4 is 5.32 Å². The van der Waals surface area contributed by atoms with Gasteiger partial charge in [0.15, 0.2) is 6.29 Å². The molecular weight excluding hydrogens is 358 g/mol. The summed E-state index contributed by atoms with van der Waals surface area (Å²) in [5.41, 5.74) is 0. The molecule has 1 heterocycles. The zero-order chi connectivity index (χ0) is 20.6. The zero-order valence-electron chi connectivity index (χ0n) is 17.6. The molecule has 1 fully saturated rings. The first-order valence-corrected chi connectivity index (χ1v) is 11.3. The van der Waals surface area contributed by atoms with Crippen LogP contribution in [0.5, 0.6) is 0 Å². The van der Waals surface area contributed by atoms with Crippen LogP contribution in [0.2, 0.25) is 0 Å². The molecule has 1 saturated heterocycles. The SMILES string of the molecule is CCCCCCC=CCCCCCCCCN[C@H]1C(O)O[C@H](CO)[C@@H](O)[C@@H]1O. The van der Waals surface area contributed by atoms with E-state index < -0.39 is 37.3 Å². The van der Waals surface area contributed by atoms with Crippen molar-refractivity contribution in [2.24, 2.45) is 0 Å². The highest BCUT2D eigenvalue weighted by atomic mass is 16.6. The van der Waals surface area contributed by atoms with Crippen molar-refractivity contribution in [3.63, 3.8) is 0 Å². The number of ether oxygens (including phenoxy) is 1. The Balaban J connectivity index is 1.94. The fourth-order valence-electron chi connectivity index (χ4n) is 3.61. The van der Waals surface area contributed by atoms with Crippen molar-refractivity contribution in [2.45, 2.75) is 115 Å². The van der Waals surface area contributed by atoms with Gasteiger partial charge in [0.05, 0.1) is 12.6 Å². The van der Waals surface area contributed by atoms with Crippen molar-refractivity contribution in [1.29, 1.82) is 0 Å². The minimum Gasteiger partial charge on any atom is -0.394 e. The average Bonchev–Trinajstić information content (AvgIpc) is 2.69. The highest BCUT2D eigenvalue weighted by Crippen LogP contribution is 2.19. The summed E-state index contributed by atoms with van der Waals surface area (Å²) in [5, 5.41) is 41.9. The quantitative estimate of drug-likeness (QED) is 0.201. The molecule has 5 atom stereocenters. The van der Waals surface area contributed by atoms with Gasteiger partial charge >= 0.3 is 0 Å². The van der Waals surface area contributed by atoms with Gasteiger partial charge in [0, 0.05) is 0 Å². The van der Waals surface area contributed by atoms with Crippen LogP contribution in [0.1, 0.15) is 84.0 Å². The molecule has 6 heteroatoms. The molecule has 0 aromatic carbocycles. The van der Waals surface area contributed by atoms with Gasteiger partial charge in [-0.05, 0) is 38.6 Å². The molecule has 1 rings (SSSR count). The highest BCUT2D eigenvalue weighted by Gasteiger charge is 2.43. The molecule has 0 aromatic heterocycles. The molecule has 0 spiro atoms. The number of aliphatic hydroxyl groups excluding tert-OH is 4. The van der Waals surface area contributed by atoms with E-state index in [1.807, 2.05) is 0 Å². The van der Waals surface area contributed by atoms with Gasteiger partial charge in [0.25, 0.3) is 0 Å². The Bertz CT molecular complexity index is 393. The molecule has 0 aliphatic carbocycles. The number of rotatable bonds is 16. The lowest BCUT2D eigenvalue weighted by Crippen LogP contribution is -2.63. The largest absolute Gasteiger partial charge is 0.394 e. The smallest absolute Gasteiger partial charge is 0.173 e. The second kappa shape index (κ2) is 16.3. The van der Waals surface area contributed by atoms with E-state index in [4.69, 9.17) is 9.84 Å². The summed E-state index contributed by atoms with van der Waals surface area (Å²) in [7, 11) is 0. The molecule has 1 aliphatic rings. The van der Waals surface area contributed by atoms with E-state index in [2.05, 4.69) is 24.4 Å². The molecular formula is C22H43NO5. The predicted molar refractivity (Wildman–Crippen MR) is 112 cm³/mol. The first-order chi connectivity index (χ1) is 13.6. The van der Waals surface area contributed by atoms with Crippen molar-refractivity contribution in [1.82, 2.24) is 5.32 Å². The Morgan fingerprint density at radius 3 is 1.96 bits per heavy atom. The highest BCUT2D eigenvalue weighted by molar-refractivity contribution is 4.92. The molecule has 1 unspecified atom stereocenters.